The number of ether oxygens (including phenoxy) is 1. The molecule has 1 saturated heterocycles. The molecule has 1 aromatic rings. The lowest BCUT2D eigenvalue weighted by Crippen LogP contribution is -2.32. The van der Waals surface area contributed by atoms with Crippen molar-refractivity contribution in [1.82, 2.24) is 19.9 Å². The largest absolute Gasteiger partial charge is 0.463 e. The summed E-state index contributed by atoms with van der Waals surface area (Å²) in [6, 6.07) is 0.954. The monoisotopic (exact) mass is 294 g/mol. The van der Waals surface area contributed by atoms with E-state index < -0.39 is 0 Å². The number of hydrogen-bond donors (Lipinski definition) is 1. The highest BCUT2D eigenvalue weighted by Gasteiger charge is 2.26. The molecule has 0 aliphatic carbocycles. The number of nitrogens with one attached hydrogen (secondary N) is 1. The van der Waals surface area contributed by atoms with E-state index in [1.165, 1.54) is 0 Å². The number of likely N-dealkylation sites (N-methyl/N-ethyl adjacent to an activating group) is 1. The van der Waals surface area contributed by atoms with Crippen LogP contribution in [0.25, 0.3) is 0 Å². The number of aromatic nitrogens is 3. The molecule has 1 aromatic heterocycles. The first-order valence-electron chi connectivity index (χ1n) is 7.68. The van der Waals surface area contributed by atoms with Gasteiger partial charge in [-0.25, -0.2) is 0 Å². The Balaban J connectivity index is 2.15. The first-order chi connectivity index (χ1) is 10.1. The van der Waals surface area contributed by atoms with Crippen LogP contribution in [-0.2, 0) is 0 Å². The Morgan fingerprint density at radius 2 is 2.10 bits per heavy atom. The van der Waals surface area contributed by atoms with Gasteiger partial charge in [-0.05, 0) is 33.9 Å². The third kappa shape index (κ3) is 4.17. The fourth-order valence-corrected chi connectivity index (χ4v) is 2.33. The van der Waals surface area contributed by atoms with Crippen LogP contribution >= 0.6 is 0 Å². The Morgan fingerprint density at radius 3 is 2.71 bits per heavy atom. The molecule has 118 valence electrons. The third-order valence-corrected chi connectivity index (χ3v) is 3.55. The Bertz CT molecular complexity index is 453. The second kappa shape index (κ2) is 7.40. The number of anilines is 2. The van der Waals surface area contributed by atoms with E-state index in [4.69, 9.17) is 4.74 Å². The molecule has 0 radical (unpaired) electrons. The molecule has 0 saturated carbocycles. The zero-order valence-electron chi connectivity index (χ0n) is 13.5. The lowest BCUT2D eigenvalue weighted by molar-refractivity contribution is 0.291. The fraction of sp³-hybridized carbons (Fsp3) is 0.786. The Labute approximate surface area is 126 Å². The summed E-state index contributed by atoms with van der Waals surface area (Å²) in [4.78, 5) is 17.7. The molecular formula is C14H26N6O. The molecule has 0 spiro atoms. The number of hydrogen-bond acceptors (Lipinski definition) is 7. The van der Waals surface area contributed by atoms with E-state index in [1.54, 1.807) is 0 Å². The van der Waals surface area contributed by atoms with Crippen molar-refractivity contribution < 1.29 is 4.74 Å². The van der Waals surface area contributed by atoms with E-state index >= 15 is 0 Å². The van der Waals surface area contributed by atoms with Crippen LogP contribution < -0.4 is 15.0 Å². The van der Waals surface area contributed by atoms with Crippen LogP contribution in [0, 0.1) is 0 Å². The Hall–Kier alpha value is -1.63. The highest BCUT2D eigenvalue weighted by Crippen LogP contribution is 2.21. The van der Waals surface area contributed by atoms with Crippen LogP contribution in [0.2, 0.25) is 0 Å². The van der Waals surface area contributed by atoms with Crippen LogP contribution in [0.15, 0.2) is 0 Å². The second-order valence-electron chi connectivity index (χ2n) is 5.47. The van der Waals surface area contributed by atoms with E-state index in [-0.39, 0.29) is 0 Å². The molecule has 7 heteroatoms. The summed E-state index contributed by atoms with van der Waals surface area (Å²) >= 11 is 0. The van der Waals surface area contributed by atoms with Crippen LogP contribution in [-0.4, -0.2) is 66.2 Å². The zero-order valence-corrected chi connectivity index (χ0v) is 13.5. The molecule has 1 N–H and O–H groups in total. The van der Waals surface area contributed by atoms with Gasteiger partial charge in [0, 0.05) is 25.7 Å². The predicted octanol–water partition coefficient (Wildman–Crippen LogP) is 1.23. The Kier molecular flexibility index (Phi) is 5.55. The van der Waals surface area contributed by atoms with Crippen LogP contribution in [0.5, 0.6) is 6.01 Å². The van der Waals surface area contributed by atoms with Crippen LogP contribution in [0.4, 0.5) is 11.9 Å². The summed E-state index contributed by atoms with van der Waals surface area (Å²) < 4.78 is 5.58. The molecule has 0 aromatic carbocycles. The fourth-order valence-electron chi connectivity index (χ4n) is 2.33. The molecule has 21 heavy (non-hydrogen) atoms. The number of nitrogens with zero attached hydrogens (tertiary/aromatic N) is 5. The first-order valence-corrected chi connectivity index (χ1v) is 7.68. The van der Waals surface area contributed by atoms with Crippen molar-refractivity contribution in [3.05, 3.63) is 0 Å². The minimum Gasteiger partial charge on any atom is -0.463 e. The standard InChI is InChI=1S/C14H26N6O/c1-5-9-21-14-17-12(15-6-2)16-13(18-14)20-8-7-11(10-20)19(3)4/h11H,5-10H2,1-4H3,(H,15,16,17,18). The predicted molar refractivity (Wildman–Crippen MR) is 84.1 cm³/mol. The summed E-state index contributed by atoms with van der Waals surface area (Å²) in [6.45, 7) is 7.39. The molecule has 0 bridgehead atoms. The van der Waals surface area contributed by atoms with Crippen molar-refractivity contribution in [3.63, 3.8) is 0 Å². The van der Waals surface area contributed by atoms with Crippen molar-refractivity contribution in [3.8, 4) is 6.01 Å². The summed E-state index contributed by atoms with van der Waals surface area (Å²) in [5.41, 5.74) is 0. The Morgan fingerprint density at radius 1 is 1.29 bits per heavy atom. The quantitative estimate of drug-likeness (QED) is 0.811. The van der Waals surface area contributed by atoms with E-state index in [1.807, 2.05) is 6.92 Å². The van der Waals surface area contributed by atoms with E-state index in [0.29, 0.717) is 30.6 Å². The van der Waals surface area contributed by atoms with Crippen LogP contribution in [0.1, 0.15) is 26.7 Å². The van der Waals surface area contributed by atoms with Crippen molar-refractivity contribution in [2.75, 3.05) is 50.6 Å². The zero-order chi connectivity index (χ0) is 15.2. The van der Waals surface area contributed by atoms with Crippen molar-refractivity contribution in [1.29, 1.82) is 0 Å². The second-order valence-corrected chi connectivity index (χ2v) is 5.47. The maximum Gasteiger partial charge on any atom is 0.323 e. The van der Waals surface area contributed by atoms with Gasteiger partial charge < -0.3 is 19.9 Å². The minimum atomic E-state index is 0.408. The SMILES string of the molecule is CCCOc1nc(NCC)nc(N2CCC(N(C)C)C2)n1. The topological polar surface area (TPSA) is 66.4 Å². The molecule has 2 heterocycles. The summed E-state index contributed by atoms with van der Waals surface area (Å²) in [6.07, 6.45) is 2.06. The molecule has 7 nitrogen and oxygen atoms in total. The molecule has 1 aliphatic heterocycles. The molecule has 1 fully saturated rings. The van der Waals surface area contributed by atoms with Gasteiger partial charge in [-0.1, -0.05) is 6.92 Å². The average molecular weight is 294 g/mol. The van der Waals surface area contributed by atoms with Gasteiger partial charge in [-0.3, -0.25) is 0 Å². The average Bonchev–Trinajstić information content (AvgIpc) is 2.95. The van der Waals surface area contributed by atoms with Gasteiger partial charge in [0.05, 0.1) is 6.61 Å². The van der Waals surface area contributed by atoms with Gasteiger partial charge in [0.2, 0.25) is 11.9 Å². The molecule has 2 rings (SSSR count). The van der Waals surface area contributed by atoms with Crippen molar-refractivity contribution in [2.45, 2.75) is 32.7 Å². The van der Waals surface area contributed by atoms with Gasteiger partial charge in [-0.2, -0.15) is 15.0 Å². The maximum absolute atomic E-state index is 5.58. The molecule has 0 amide bonds. The smallest absolute Gasteiger partial charge is 0.323 e. The first kappa shape index (κ1) is 15.8. The lowest BCUT2D eigenvalue weighted by Gasteiger charge is -2.20. The molecule has 1 aliphatic rings. The summed E-state index contributed by atoms with van der Waals surface area (Å²) in [5.74, 6) is 1.29. The summed E-state index contributed by atoms with van der Waals surface area (Å²) in [7, 11) is 4.23. The highest BCUT2D eigenvalue weighted by molar-refractivity contribution is 5.39. The van der Waals surface area contributed by atoms with Gasteiger partial charge in [0.25, 0.3) is 0 Å². The molecule has 1 atom stereocenters. The van der Waals surface area contributed by atoms with Gasteiger partial charge in [-0.15, -0.1) is 0 Å². The normalized spacial score (nSPS) is 18.3. The van der Waals surface area contributed by atoms with E-state index in [9.17, 15) is 0 Å². The molecule has 1 unspecified atom stereocenters. The van der Waals surface area contributed by atoms with Gasteiger partial charge >= 0.3 is 6.01 Å². The number of rotatable bonds is 7. The van der Waals surface area contributed by atoms with Crippen molar-refractivity contribution >= 4 is 11.9 Å². The third-order valence-electron chi connectivity index (χ3n) is 3.55. The summed E-state index contributed by atoms with van der Waals surface area (Å²) in [5, 5.41) is 3.14. The van der Waals surface area contributed by atoms with Crippen LogP contribution in [0.3, 0.4) is 0 Å². The minimum absolute atomic E-state index is 0.408. The highest BCUT2D eigenvalue weighted by atomic mass is 16.5. The maximum atomic E-state index is 5.58. The lowest BCUT2D eigenvalue weighted by atomic mass is 10.2. The van der Waals surface area contributed by atoms with Crippen molar-refractivity contribution in [2.24, 2.45) is 0 Å². The molecular weight excluding hydrogens is 268 g/mol. The van der Waals surface area contributed by atoms with Gasteiger partial charge in [0.15, 0.2) is 0 Å². The van der Waals surface area contributed by atoms with Gasteiger partial charge in [0.1, 0.15) is 0 Å². The van der Waals surface area contributed by atoms with E-state index in [0.717, 1.165) is 32.5 Å². The van der Waals surface area contributed by atoms with E-state index in [2.05, 4.69) is 51.1 Å².